The highest BCUT2D eigenvalue weighted by atomic mass is 127. The molecule has 0 aliphatic carbocycles. The van der Waals surface area contributed by atoms with E-state index >= 15 is 0 Å². The van der Waals surface area contributed by atoms with E-state index < -0.39 is 0 Å². The summed E-state index contributed by atoms with van der Waals surface area (Å²) in [6, 6.07) is 0. The Kier molecular flexibility index (Phi) is 11.3. The van der Waals surface area contributed by atoms with Crippen LogP contribution in [0.3, 0.4) is 0 Å². The molecule has 2 rings (SSSR count). The van der Waals surface area contributed by atoms with Gasteiger partial charge in [0, 0.05) is 33.3 Å². The van der Waals surface area contributed by atoms with Gasteiger partial charge in [0.25, 0.3) is 0 Å². The van der Waals surface area contributed by atoms with Crippen molar-refractivity contribution in [2.75, 3.05) is 52.9 Å². The van der Waals surface area contributed by atoms with Gasteiger partial charge >= 0.3 is 0 Å². The molecular formula is C18H37IN4O. The standard InChI is InChI=1S/C18H36N4O.HI/c1-4-23-17-8-14-22(15-9-17)18(19-3)20-10-5-11-21-12-6-16(2)7-13-21;/h16-17H,4-15H2,1-3H3,(H,19,20);1H. The van der Waals surface area contributed by atoms with Crippen LogP contribution in [-0.4, -0.2) is 74.8 Å². The molecule has 0 aromatic carbocycles. The smallest absolute Gasteiger partial charge is 0.193 e. The van der Waals surface area contributed by atoms with Crippen LogP contribution in [0.15, 0.2) is 4.99 Å². The van der Waals surface area contributed by atoms with Crippen LogP contribution < -0.4 is 5.32 Å². The average Bonchev–Trinajstić information content (AvgIpc) is 2.58. The van der Waals surface area contributed by atoms with Crippen molar-refractivity contribution in [2.24, 2.45) is 10.9 Å². The van der Waals surface area contributed by atoms with Gasteiger partial charge in [-0.2, -0.15) is 0 Å². The number of ether oxygens (including phenoxy) is 1. The molecule has 24 heavy (non-hydrogen) atoms. The van der Waals surface area contributed by atoms with E-state index in [9.17, 15) is 0 Å². The molecule has 0 atom stereocenters. The minimum absolute atomic E-state index is 0. The van der Waals surface area contributed by atoms with Crippen LogP contribution in [0.4, 0.5) is 0 Å². The third kappa shape index (κ3) is 7.44. The second-order valence-electron chi connectivity index (χ2n) is 6.99. The van der Waals surface area contributed by atoms with E-state index in [1.165, 1.54) is 38.9 Å². The van der Waals surface area contributed by atoms with Gasteiger partial charge in [-0.25, -0.2) is 0 Å². The fraction of sp³-hybridized carbons (Fsp3) is 0.944. The highest BCUT2D eigenvalue weighted by Gasteiger charge is 2.21. The van der Waals surface area contributed by atoms with Crippen LogP contribution in [0.5, 0.6) is 0 Å². The van der Waals surface area contributed by atoms with E-state index in [1.807, 2.05) is 7.05 Å². The van der Waals surface area contributed by atoms with Crippen molar-refractivity contribution in [3.63, 3.8) is 0 Å². The molecular weight excluding hydrogens is 415 g/mol. The first-order chi connectivity index (χ1) is 11.2. The molecule has 2 aliphatic rings. The molecule has 0 aromatic rings. The third-order valence-electron chi connectivity index (χ3n) is 5.17. The number of piperidine rings is 2. The SMILES string of the molecule is CCOC1CCN(C(=NC)NCCCN2CCC(C)CC2)CC1.I. The highest BCUT2D eigenvalue weighted by Crippen LogP contribution is 2.16. The second kappa shape index (κ2) is 12.3. The van der Waals surface area contributed by atoms with Gasteiger partial charge in [-0.15, -0.1) is 24.0 Å². The summed E-state index contributed by atoms with van der Waals surface area (Å²) < 4.78 is 5.73. The first kappa shape index (κ1) is 22.0. The van der Waals surface area contributed by atoms with E-state index in [4.69, 9.17) is 4.74 Å². The van der Waals surface area contributed by atoms with Crippen molar-refractivity contribution in [3.8, 4) is 0 Å². The number of hydrogen-bond donors (Lipinski definition) is 1. The Morgan fingerprint density at radius 1 is 1.12 bits per heavy atom. The minimum Gasteiger partial charge on any atom is -0.378 e. The maximum atomic E-state index is 5.73. The Morgan fingerprint density at radius 2 is 1.79 bits per heavy atom. The summed E-state index contributed by atoms with van der Waals surface area (Å²) in [5.74, 6) is 1.98. The Bertz CT molecular complexity index is 351. The normalized spacial score (nSPS) is 21.6. The Labute approximate surface area is 165 Å². The first-order valence-electron chi connectivity index (χ1n) is 9.52. The lowest BCUT2D eigenvalue weighted by atomic mass is 9.99. The number of halogens is 1. The number of aliphatic imine (C=N–C) groups is 1. The van der Waals surface area contributed by atoms with E-state index in [1.54, 1.807) is 0 Å². The van der Waals surface area contributed by atoms with Gasteiger partial charge in [0.1, 0.15) is 0 Å². The highest BCUT2D eigenvalue weighted by molar-refractivity contribution is 14.0. The van der Waals surface area contributed by atoms with Crippen LogP contribution >= 0.6 is 24.0 Å². The molecule has 0 saturated carbocycles. The van der Waals surface area contributed by atoms with Crippen LogP contribution in [0, 0.1) is 5.92 Å². The Morgan fingerprint density at radius 3 is 2.38 bits per heavy atom. The van der Waals surface area contributed by atoms with Gasteiger partial charge in [0.15, 0.2) is 5.96 Å². The van der Waals surface area contributed by atoms with Crippen LogP contribution in [0.1, 0.15) is 46.0 Å². The van der Waals surface area contributed by atoms with Crippen molar-refractivity contribution in [3.05, 3.63) is 0 Å². The molecule has 142 valence electrons. The number of hydrogen-bond acceptors (Lipinski definition) is 3. The molecule has 0 spiro atoms. The zero-order valence-electron chi connectivity index (χ0n) is 15.8. The Balaban J connectivity index is 0.00000288. The number of likely N-dealkylation sites (tertiary alicyclic amines) is 2. The number of rotatable bonds is 6. The molecule has 2 heterocycles. The molecule has 0 unspecified atom stereocenters. The topological polar surface area (TPSA) is 40.1 Å². The average molecular weight is 452 g/mol. The zero-order chi connectivity index (χ0) is 16.5. The van der Waals surface area contributed by atoms with Gasteiger partial charge in [0.2, 0.25) is 0 Å². The lowest BCUT2D eigenvalue weighted by Gasteiger charge is -2.34. The molecule has 0 amide bonds. The summed E-state index contributed by atoms with van der Waals surface area (Å²) in [7, 11) is 1.89. The summed E-state index contributed by atoms with van der Waals surface area (Å²) in [5.41, 5.74) is 0. The maximum Gasteiger partial charge on any atom is 0.193 e. The Hall–Kier alpha value is -0.0800. The largest absolute Gasteiger partial charge is 0.378 e. The van der Waals surface area contributed by atoms with Crippen molar-refractivity contribution in [1.82, 2.24) is 15.1 Å². The van der Waals surface area contributed by atoms with Crippen LogP contribution in [0.25, 0.3) is 0 Å². The summed E-state index contributed by atoms with van der Waals surface area (Å²) in [4.78, 5) is 9.44. The molecule has 2 fully saturated rings. The summed E-state index contributed by atoms with van der Waals surface area (Å²) >= 11 is 0. The summed E-state index contributed by atoms with van der Waals surface area (Å²) in [6.07, 6.45) is 6.59. The van der Waals surface area contributed by atoms with Crippen LogP contribution in [0.2, 0.25) is 0 Å². The number of nitrogens with one attached hydrogen (secondary N) is 1. The van der Waals surface area contributed by atoms with Gasteiger partial charge < -0.3 is 19.9 Å². The van der Waals surface area contributed by atoms with Crippen molar-refractivity contribution in [2.45, 2.75) is 52.1 Å². The van der Waals surface area contributed by atoms with Crippen molar-refractivity contribution < 1.29 is 4.74 Å². The van der Waals surface area contributed by atoms with Crippen molar-refractivity contribution in [1.29, 1.82) is 0 Å². The van der Waals surface area contributed by atoms with E-state index in [-0.39, 0.29) is 24.0 Å². The minimum atomic E-state index is 0. The fourth-order valence-electron chi connectivity index (χ4n) is 3.59. The number of guanidine groups is 1. The van der Waals surface area contributed by atoms with Gasteiger partial charge in [-0.05, 0) is 64.6 Å². The zero-order valence-corrected chi connectivity index (χ0v) is 18.1. The van der Waals surface area contributed by atoms with Gasteiger partial charge in [-0.1, -0.05) is 6.92 Å². The predicted octanol–water partition coefficient (Wildman–Crippen LogP) is 2.80. The summed E-state index contributed by atoms with van der Waals surface area (Å²) in [6.45, 7) is 12.2. The maximum absolute atomic E-state index is 5.73. The third-order valence-corrected chi connectivity index (χ3v) is 5.17. The molecule has 2 aliphatic heterocycles. The fourth-order valence-corrected chi connectivity index (χ4v) is 3.59. The lowest BCUT2D eigenvalue weighted by molar-refractivity contribution is 0.0264. The molecule has 5 nitrogen and oxygen atoms in total. The molecule has 0 radical (unpaired) electrons. The first-order valence-corrected chi connectivity index (χ1v) is 9.52. The second-order valence-corrected chi connectivity index (χ2v) is 6.99. The van der Waals surface area contributed by atoms with Crippen LogP contribution in [-0.2, 0) is 4.74 Å². The van der Waals surface area contributed by atoms with E-state index in [2.05, 4.69) is 34.0 Å². The molecule has 0 aromatic heterocycles. The van der Waals surface area contributed by atoms with Gasteiger partial charge in [-0.3, -0.25) is 4.99 Å². The molecule has 6 heteroatoms. The predicted molar refractivity (Wildman–Crippen MR) is 112 cm³/mol. The molecule has 1 N–H and O–H groups in total. The lowest BCUT2D eigenvalue weighted by Crippen LogP contribution is -2.47. The van der Waals surface area contributed by atoms with E-state index in [0.717, 1.165) is 51.0 Å². The molecule has 0 bridgehead atoms. The van der Waals surface area contributed by atoms with Gasteiger partial charge in [0.05, 0.1) is 6.10 Å². The van der Waals surface area contributed by atoms with E-state index in [0.29, 0.717) is 6.10 Å². The van der Waals surface area contributed by atoms with Crippen molar-refractivity contribution >= 4 is 29.9 Å². The molecule has 2 saturated heterocycles. The number of nitrogens with zero attached hydrogens (tertiary/aromatic N) is 3. The monoisotopic (exact) mass is 452 g/mol. The summed E-state index contributed by atoms with van der Waals surface area (Å²) in [5, 5.41) is 3.54. The quantitative estimate of drug-likeness (QED) is 0.291.